The van der Waals surface area contributed by atoms with E-state index in [2.05, 4.69) is 63.0 Å². The van der Waals surface area contributed by atoms with E-state index in [1.54, 1.807) is 0 Å². The second kappa shape index (κ2) is 8.17. The molecule has 0 spiro atoms. The van der Waals surface area contributed by atoms with Crippen molar-refractivity contribution in [2.45, 2.75) is 25.7 Å². The van der Waals surface area contributed by atoms with E-state index in [4.69, 9.17) is 0 Å². The molecule has 0 unspecified atom stereocenters. The first kappa shape index (κ1) is 18.6. The molecule has 0 saturated carbocycles. The van der Waals surface area contributed by atoms with Gasteiger partial charge in [-0.05, 0) is 66.6 Å². The van der Waals surface area contributed by atoms with Crippen LogP contribution in [0.5, 0.6) is 0 Å². The van der Waals surface area contributed by atoms with E-state index >= 15 is 0 Å². The number of nitrogens with zero attached hydrogens (tertiary/aromatic N) is 2. The Morgan fingerprint density at radius 3 is 2.79 bits per heavy atom. The van der Waals surface area contributed by atoms with Gasteiger partial charge in [-0.2, -0.15) is 0 Å². The van der Waals surface area contributed by atoms with Gasteiger partial charge in [0.05, 0.1) is 0 Å². The van der Waals surface area contributed by atoms with Crippen LogP contribution in [0, 0.1) is 0 Å². The number of carbonyl (C=O) groups excluding carboxylic acids is 1. The molecule has 2 aliphatic rings. The summed E-state index contributed by atoms with van der Waals surface area (Å²) < 4.78 is 1.38. The smallest absolute Gasteiger partial charge is 0.224 e. The lowest BCUT2D eigenvalue weighted by atomic mass is 9.99. The fourth-order valence-corrected chi connectivity index (χ4v) is 5.35. The van der Waals surface area contributed by atoms with Crippen LogP contribution in [0.3, 0.4) is 0 Å². The molecule has 5 rings (SSSR count). The van der Waals surface area contributed by atoms with Gasteiger partial charge < -0.3 is 10.2 Å². The summed E-state index contributed by atoms with van der Waals surface area (Å²) >= 11 is 1.82. The summed E-state index contributed by atoms with van der Waals surface area (Å²) in [5, 5.41) is 6.60. The van der Waals surface area contributed by atoms with E-state index in [-0.39, 0.29) is 5.91 Å². The SMILES string of the molecule is O=C1CCc2ccc(CCCN3CCN(c4cccc5sccc45)CC3)cc2N1. The largest absolute Gasteiger partial charge is 0.368 e. The van der Waals surface area contributed by atoms with E-state index in [0.717, 1.165) is 57.7 Å². The van der Waals surface area contributed by atoms with E-state index in [1.807, 2.05) is 11.3 Å². The van der Waals surface area contributed by atoms with Crippen LogP contribution in [-0.4, -0.2) is 43.5 Å². The predicted octanol–water partition coefficient (Wildman–Crippen LogP) is 4.54. The Kier molecular flexibility index (Phi) is 5.25. The number of nitrogens with one attached hydrogen (secondary N) is 1. The highest BCUT2D eigenvalue weighted by molar-refractivity contribution is 7.17. The van der Waals surface area contributed by atoms with Crippen LogP contribution in [0.1, 0.15) is 24.0 Å². The van der Waals surface area contributed by atoms with Crippen molar-refractivity contribution >= 4 is 38.7 Å². The van der Waals surface area contributed by atoms with Crippen molar-refractivity contribution in [3.63, 3.8) is 0 Å². The van der Waals surface area contributed by atoms with Gasteiger partial charge in [-0.15, -0.1) is 11.3 Å². The normalized spacial score (nSPS) is 17.4. The van der Waals surface area contributed by atoms with Gasteiger partial charge in [0, 0.05) is 54.1 Å². The van der Waals surface area contributed by atoms with Crippen molar-refractivity contribution in [3.8, 4) is 0 Å². The highest BCUT2D eigenvalue weighted by Gasteiger charge is 2.19. The maximum atomic E-state index is 11.6. The summed E-state index contributed by atoms with van der Waals surface area (Å²) in [6.07, 6.45) is 3.70. The van der Waals surface area contributed by atoms with Gasteiger partial charge in [-0.25, -0.2) is 0 Å². The molecule has 0 bridgehead atoms. The first-order valence-corrected chi connectivity index (χ1v) is 11.5. The Hall–Kier alpha value is -2.37. The lowest BCUT2D eigenvalue weighted by Gasteiger charge is -2.36. The van der Waals surface area contributed by atoms with Gasteiger partial charge in [0.15, 0.2) is 0 Å². The molecular formula is C24H27N3OS. The zero-order valence-electron chi connectivity index (χ0n) is 16.7. The molecule has 150 valence electrons. The van der Waals surface area contributed by atoms with Gasteiger partial charge in [0.1, 0.15) is 0 Å². The van der Waals surface area contributed by atoms with E-state index in [1.165, 1.54) is 26.9 Å². The summed E-state index contributed by atoms with van der Waals surface area (Å²) in [6.45, 7) is 5.58. The molecule has 1 amide bonds. The van der Waals surface area contributed by atoms with Crippen molar-refractivity contribution in [2.75, 3.05) is 42.9 Å². The van der Waals surface area contributed by atoms with Crippen LogP contribution < -0.4 is 10.2 Å². The van der Waals surface area contributed by atoms with E-state index in [9.17, 15) is 4.79 Å². The summed E-state index contributed by atoms with van der Waals surface area (Å²) in [5.74, 6) is 0.144. The number of piperazine rings is 1. The Balaban J connectivity index is 1.13. The lowest BCUT2D eigenvalue weighted by Crippen LogP contribution is -2.46. The first-order chi connectivity index (χ1) is 14.3. The van der Waals surface area contributed by atoms with Gasteiger partial charge in [0.25, 0.3) is 0 Å². The average Bonchev–Trinajstić information content (AvgIpc) is 3.23. The predicted molar refractivity (Wildman–Crippen MR) is 122 cm³/mol. The molecule has 0 atom stereocenters. The third-order valence-electron chi connectivity index (χ3n) is 6.20. The summed E-state index contributed by atoms with van der Waals surface area (Å²) in [7, 11) is 0. The molecule has 1 saturated heterocycles. The van der Waals surface area contributed by atoms with Crippen LogP contribution in [0.25, 0.3) is 10.1 Å². The molecule has 2 aliphatic heterocycles. The van der Waals surface area contributed by atoms with Gasteiger partial charge in [-0.3, -0.25) is 9.69 Å². The highest BCUT2D eigenvalue weighted by atomic mass is 32.1. The Morgan fingerprint density at radius 1 is 1.00 bits per heavy atom. The second-order valence-corrected chi connectivity index (χ2v) is 9.03. The molecule has 1 fully saturated rings. The number of anilines is 2. The molecule has 1 aromatic heterocycles. The van der Waals surface area contributed by atoms with Gasteiger partial charge in [0.2, 0.25) is 5.91 Å². The zero-order valence-corrected chi connectivity index (χ0v) is 17.5. The number of fused-ring (bicyclic) bond motifs is 2. The molecule has 1 N–H and O–H groups in total. The van der Waals surface area contributed by atoms with Crippen molar-refractivity contribution < 1.29 is 4.79 Å². The van der Waals surface area contributed by atoms with Crippen molar-refractivity contribution in [1.82, 2.24) is 4.90 Å². The van der Waals surface area contributed by atoms with Crippen molar-refractivity contribution in [2.24, 2.45) is 0 Å². The van der Waals surface area contributed by atoms with Crippen LogP contribution in [-0.2, 0) is 17.6 Å². The van der Waals surface area contributed by atoms with Crippen molar-refractivity contribution in [3.05, 3.63) is 59.0 Å². The number of hydrogen-bond acceptors (Lipinski definition) is 4. The number of benzene rings is 2. The standard InChI is InChI=1S/C24H27N3OS/c28-24-9-8-19-7-6-18(17-21(19)25-24)3-2-11-26-12-14-27(15-13-26)22-4-1-5-23-20(22)10-16-29-23/h1,4-7,10,16-17H,2-3,8-9,11-15H2,(H,25,28). The molecule has 2 aromatic carbocycles. The molecule has 0 radical (unpaired) electrons. The minimum atomic E-state index is 0.144. The minimum absolute atomic E-state index is 0.144. The lowest BCUT2D eigenvalue weighted by molar-refractivity contribution is -0.116. The number of rotatable bonds is 5. The Bertz CT molecular complexity index is 1020. The summed E-state index contributed by atoms with van der Waals surface area (Å²) in [6, 6.07) is 15.5. The summed E-state index contributed by atoms with van der Waals surface area (Å²) in [4.78, 5) is 16.7. The average molecular weight is 406 g/mol. The van der Waals surface area contributed by atoms with E-state index in [0.29, 0.717) is 6.42 Å². The number of amides is 1. The summed E-state index contributed by atoms with van der Waals surface area (Å²) in [5.41, 5.74) is 5.01. The topological polar surface area (TPSA) is 35.6 Å². The number of hydrogen-bond donors (Lipinski definition) is 1. The number of carbonyl (C=O) groups is 1. The second-order valence-electron chi connectivity index (χ2n) is 8.08. The third kappa shape index (κ3) is 4.02. The highest BCUT2D eigenvalue weighted by Crippen LogP contribution is 2.31. The quantitative estimate of drug-likeness (QED) is 0.677. The molecular weight excluding hydrogens is 378 g/mol. The Morgan fingerprint density at radius 2 is 1.90 bits per heavy atom. The molecule has 29 heavy (non-hydrogen) atoms. The molecule has 3 aromatic rings. The van der Waals surface area contributed by atoms with Crippen LogP contribution in [0.2, 0.25) is 0 Å². The Labute approximate surface area is 176 Å². The maximum absolute atomic E-state index is 11.6. The maximum Gasteiger partial charge on any atom is 0.224 e. The van der Waals surface area contributed by atoms with E-state index < -0.39 is 0 Å². The minimum Gasteiger partial charge on any atom is -0.368 e. The van der Waals surface area contributed by atoms with Gasteiger partial charge in [-0.1, -0.05) is 18.2 Å². The van der Waals surface area contributed by atoms with Crippen LogP contribution >= 0.6 is 11.3 Å². The van der Waals surface area contributed by atoms with Crippen molar-refractivity contribution in [1.29, 1.82) is 0 Å². The fourth-order valence-electron chi connectivity index (χ4n) is 4.55. The zero-order chi connectivity index (χ0) is 19.6. The van der Waals surface area contributed by atoms with Crippen LogP contribution in [0.4, 0.5) is 11.4 Å². The third-order valence-corrected chi connectivity index (χ3v) is 7.08. The number of thiophene rings is 1. The molecule has 3 heterocycles. The molecule has 5 heteroatoms. The van der Waals surface area contributed by atoms with Gasteiger partial charge >= 0.3 is 0 Å². The molecule has 0 aliphatic carbocycles. The monoisotopic (exact) mass is 405 g/mol. The molecule has 4 nitrogen and oxygen atoms in total. The first-order valence-electron chi connectivity index (χ1n) is 10.6. The fraction of sp³-hybridized carbons (Fsp3) is 0.375. The van der Waals surface area contributed by atoms with Crippen LogP contribution in [0.15, 0.2) is 47.8 Å². The number of aryl methyl sites for hydroxylation is 2.